The second-order valence-electron chi connectivity index (χ2n) is 6.52. The van der Waals surface area contributed by atoms with Gasteiger partial charge in [-0.1, -0.05) is 61.5 Å². The van der Waals surface area contributed by atoms with Crippen LogP contribution in [0.25, 0.3) is 10.8 Å². The first-order valence-corrected chi connectivity index (χ1v) is 9.04. The predicted molar refractivity (Wildman–Crippen MR) is 107 cm³/mol. The maximum Gasteiger partial charge on any atom is 0.260 e. The highest BCUT2D eigenvalue weighted by atomic mass is 16.5. The number of likely N-dealkylation sites (N-methyl/N-ethyl adjacent to an activating group) is 1. The molecule has 0 N–H and O–H groups in total. The van der Waals surface area contributed by atoms with Gasteiger partial charge in [0.15, 0.2) is 12.9 Å². The van der Waals surface area contributed by atoms with Gasteiger partial charge in [0.05, 0.1) is 5.56 Å². The van der Waals surface area contributed by atoms with Crippen LogP contribution in [-0.4, -0.2) is 30.7 Å². The van der Waals surface area contributed by atoms with E-state index in [1.807, 2.05) is 42.5 Å². The van der Waals surface area contributed by atoms with E-state index in [4.69, 9.17) is 4.74 Å². The van der Waals surface area contributed by atoms with Crippen LogP contribution in [0, 0.1) is 0 Å². The number of hydrogen-bond donors (Lipinski definition) is 0. The van der Waals surface area contributed by atoms with Crippen molar-refractivity contribution in [2.24, 2.45) is 0 Å². The van der Waals surface area contributed by atoms with Crippen LogP contribution >= 0.6 is 0 Å². The van der Waals surface area contributed by atoms with Gasteiger partial charge in [0.2, 0.25) is 0 Å². The molecule has 4 nitrogen and oxygen atoms in total. The van der Waals surface area contributed by atoms with Crippen LogP contribution < -0.4 is 4.74 Å². The van der Waals surface area contributed by atoms with Crippen molar-refractivity contribution in [3.8, 4) is 5.75 Å². The van der Waals surface area contributed by atoms with E-state index in [2.05, 4.69) is 19.1 Å². The molecule has 0 unspecified atom stereocenters. The summed E-state index contributed by atoms with van der Waals surface area (Å²) in [5, 5.41) is 1.78. The monoisotopic (exact) mass is 361 g/mol. The number of carbonyl (C=O) groups is 2. The van der Waals surface area contributed by atoms with E-state index in [9.17, 15) is 9.59 Å². The molecule has 0 bridgehead atoms. The Labute approximate surface area is 159 Å². The minimum atomic E-state index is -0.139. The van der Waals surface area contributed by atoms with Gasteiger partial charge in [-0.3, -0.25) is 9.59 Å². The maximum atomic E-state index is 12.4. The highest BCUT2D eigenvalue weighted by Crippen LogP contribution is 2.26. The van der Waals surface area contributed by atoms with E-state index >= 15 is 0 Å². The van der Waals surface area contributed by atoms with Gasteiger partial charge in [-0.05, 0) is 34.4 Å². The molecule has 0 heterocycles. The van der Waals surface area contributed by atoms with Crippen LogP contribution in [0.3, 0.4) is 0 Å². The Morgan fingerprint density at radius 3 is 2.41 bits per heavy atom. The first-order chi connectivity index (χ1) is 13.1. The minimum absolute atomic E-state index is 0.108. The number of nitrogens with zero attached hydrogens (tertiary/aromatic N) is 1. The zero-order valence-electron chi connectivity index (χ0n) is 15.6. The number of fused-ring (bicyclic) bond motifs is 1. The van der Waals surface area contributed by atoms with Crippen LogP contribution in [0.5, 0.6) is 5.75 Å². The fourth-order valence-corrected chi connectivity index (χ4v) is 3.02. The lowest BCUT2D eigenvalue weighted by atomic mass is 10.0. The molecule has 1 amide bonds. The second-order valence-corrected chi connectivity index (χ2v) is 6.52. The molecule has 4 heteroatoms. The Kier molecular flexibility index (Phi) is 5.87. The maximum absolute atomic E-state index is 12.4. The van der Waals surface area contributed by atoms with Gasteiger partial charge >= 0.3 is 0 Å². The zero-order chi connectivity index (χ0) is 19.2. The molecule has 0 aliphatic carbocycles. The summed E-state index contributed by atoms with van der Waals surface area (Å²) >= 11 is 0. The topological polar surface area (TPSA) is 46.6 Å². The SMILES string of the molecule is CCc1ccc(CN(C)C(=O)COc2ccc3ccccc3c2C=O)cc1. The van der Waals surface area contributed by atoms with Crippen LogP contribution in [0.4, 0.5) is 0 Å². The van der Waals surface area contributed by atoms with Crippen molar-refractivity contribution in [1.29, 1.82) is 0 Å². The molecule has 0 atom stereocenters. The molecule has 27 heavy (non-hydrogen) atoms. The van der Waals surface area contributed by atoms with Gasteiger partial charge in [-0.2, -0.15) is 0 Å². The molecule has 0 aliphatic heterocycles. The quantitative estimate of drug-likeness (QED) is 0.591. The minimum Gasteiger partial charge on any atom is -0.483 e. The van der Waals surface area contributed by atoms with Crippen LogP contribution in [0.2, 0.25) is 0 Å². The molecular formula is C23H23NO3. The van der Waals surface area contributed by atoms with E-state index < -0.39 is 0 Å². The molecule has 3 rings (SSSR count). The Morgan fingerprint density at radius 2 is 1.70 bits per heavy atom. The molecule has 0 saturated carbocycles. The van der Waals surface area contributed by atoms with E-state index in [1.54, 1.807) is 18.0 Å². The van der Waals surface area contributed by atoms with Crippen molar-refractivity contribution >= 4 is 23.0 Å². The Balaban J connectivity index is 1.66. The standard InChI is InChI=1S/C23H23NO3/c1-3-17-8-10-18(11-9-17)14-24(2)23(26)16-27-22-13-12-19-6-4-5-7-20(19)21(22)15-25/h4-13,15H,3,14,16H2,1-2H3. The van der Waals surface area contributed by atoms with Gasteiger partial charge in [0, 0.05) is 13.6 Å². The molecule has 0 aromatic heterocycles. The summed E-state index contributed by atoms with van der Waals surface area (Å²) in [5.74, 6) is 0.289. The highest BCUT2D eigenvalue weighted by molar-refractivity contribution is 6.00. The van der Waals surface area contributed by atoms with Crippen molar-refractivity contribution in [1.82, 2.24) is 4.90 Å². The lowest BCUT2D eigenvalue weighted by Gasteiger charge is -2.18. The lowest BCUT2D eigenvalue weighted by molar-refractivity contribution is -0.132. The predicted octanol–water partition coefficient (Wildman–Crippen LogP) is 4.25. The van der Waals surface area contributed by atoms with Crippen molar-refractivity contribution in [3.05, 3.63) is 77.4 Å². The summed E-state index contributed by atoms with van der Waals surface area (Å²) in [6.45, 7) is 2.52. The average molecular weight is 361 g/mol. The summed E-state index contributed by atoms with van der Waals surface area (Å²) < 4.78 is 5.67. The van der Waals surface area contributed by atoms with E-state index in [0.717, 1.165) is 29.0 Å². The van der Waals surface area contributed by atoms with Gasteiger partial charge < -0.3 is 9.64 Å². The van der Waals surface area contributed by atoms with Gasteiger partial charge in [-0.25, -0.2) is 0 Å². The number of hydrogen-bond acceptors (Lipinski definition) is 3. The van der Waals surface area contributed by atoms with E-state index in [0.29, 0.717) is 17.9 Å². The largest absolute Gasteiger partial charge is 0.483 e. The Morgan fingerprint density at radius 1 is 1.00 bits per heavy atom. The molecule has 0 aliphatic rings. The van der Waals surface area contributed by atoms with Gasteiger partial charge in [0.25, 0.3) is 5.91 Å². The van der Waals surface area contributed by atoms with Crippen LogP contribution in [-0.2, 0) is 17.8 Å². The average Bonchev–Trinajstić information content (AvgIpc) is 2.71. The van der Waals surface area contributed by atoms with Crippen molar-refractivity contribution in [2.75, 3.05) is 13.7 Å². The zero-order valence-corrected chi connectivity index (χ0v) is 15.6. The molecule has 3 aromatic carbocycles. The molecule has 3 aromatic rings. The lowest BCUT2D eigenvalue weighted by Crippen LogP contribution is -2.31. The first-order valence-electron chi connectivity index (χ1n) is 9.04. The molecule has 0 saturated heterocycles. The molecule has 0 radical (unpaired) electrons. The molecule has 0 fully saturated rings. The number of amides is 1. The van der Waals surface area contributed by atoms with Crippen molar-refractivity contribution < 1.29 is 14.3 Å². The van der Waals surface area contributed by atoms with Crippen LogP contribution in [0.1, 0.15) is 28.4 Å². The van der Waals surface area contributed by atoms with Gasteiger partial charge in [0.1, 0.15) is 5.75 Å². The summed E-state index contributed by atoms with van der Waals surface area (Å²) in [5.41, 5.74) is 2.81. The Hall–Kier alpha value is -3.14. The van der Waals surface area contributed by atoms with Crippen molar-refractivity contribution in [2.45, 2.75) is 19.9 Å². The number of ether oxygens (including phenoxy) is 1. The first kappa shape index (κ1) is 18.6. The third-order valence-corrected chi connectivity index (χ3v) is 4.68. The second kappa shape index (κ2) is 8.49. The highest BCUT2D eigenvalue weighted by Gasteiger charge is 2.13. The number of aldehydes is 1. The Bertz CT molecular complexity index is 947. The summed E-state index contributed by atoms with van der Waals surface area (Å²) in [6.07, 6.45) is 1.77. The third kappa shape index (κ3) is 4.34. The summed E-state index contributed by atoms with van der Waals surface area (Å²) in [7, 11) is 1.75. The fraction of sp³-hybridized carbons (Fsp3) is 0.217. The fourth-order valence-electron chi connectivity index (χ4n) is 3.02. The van der Waals surface area contributed by atoms with E-state index in [-0.39, 0.29) is 12.5 Å². The summed E-state index contributed by atoms with van der Waals surface area (Å²) in [6, 6.07) is 19.5. The molecule has 0 spiro atoms. The van der Waals surface area contributed by atoms with Crippen molar-refractivity contribution in [3.63, 3.8) is 0 Å². The number of carbonyl (C=O) groups excluding carboxylic acids is 2. The smallest absolute Gasteiger partial charge is 0.260 e. The number of benzene rings is 3. The van der Waals surface area contributed by atoms with E-state index in [1.165, 1.54) is 5.56 Å². The molecular weight excluding hydrogens is 338 g/mol. The molecule has 138 valence electrons. The number of rotatable bonds is 7. The third-order valence-electron chi connectivity index (χ3n) is 4.68. The number of aryl methyl sites for hydroxylation is 1. The summed E-state index contributed by atoms with van der Waals surface area (Å²) in [4.78, 5) is 25.6. The van der Waals surface area contributed by atoms with Crippen LogP contribution in [0.15, 0.2) is 60.7 Å². The van der Waals surface area contributed by atoms with Gasteiger partial charge in [-0.15, -0.1) is 0 Å². The normalized spacial score (nSPS) is 10.6.